The van der Waals surface area contributed by atoms with Crippen LogP contribution < -0.4 is 16.0 Å². The Morgan fingerprint density at radius 1 is 1.57 bits per heavy atom. The third-order valence-corrected chi connectivity index (χ3v) is 2.52. The molecule has 1 aromatic rings. The molecular formula is C9H11BrN2O2. The molecule has 0 unspecified atom stereocenters. The summed E-state index contributed by atoms with van der Waals surface area (Å²) in [6, 6.07) is 3.45. The molecule has 0 saturated heterocycles. The van der Waals surface area contributed by atoms with Crippen molar-refractivity contribution in [2.45, 2.75) is 6.92 Å². The van der Waals surface area contributed by atoms with Gasteiger partial charge in [0.15, 0.2) is 0 Å². The SMILES string of the molecule is COc1cc(C(=O)NN)c(Br)cc1C. The first-order chi connectivity index (χ1) is 6.60. The van der Waals surface area contributed by atoms with Crippen molar-refractivity contribution in [3.63, 3.8) is 0 Å². The van der Waals surface area contributed by atoms with Crippen molar-refractivity contribution in [1.82, 2.24) is 5.43 Å². The van der Waals surface area contributed by atoms with E-state index in [0.29, 0.717) is 15.8 Å². The molecule has 0 heterocycles. The summed E-state index contributed by atoms with van der Waals surface area (Å²) >= 11 is 3.28. The molecule has 1 amide bonds. The Hall–Kier alpha value is -1.07. The van der Waals surface area contributed by atoms with E-state index in [0.717, 1.165) is 5.56 Å². The number of carbonyl (C=O) groups excluding carboxylic acids is 1. The van der Waals surface area contributed by atoms with Gasteiger partial charge in [0.05, 0.1) is 12.7 Å². The molecule has 0 saturated carbocycles. The lowest BCUT2D eigenvalue weighted by atomic mass is 10.1. The zero-order valence-electron chi connectivity index (χ0n) is 7.93. The Balaban J connectivity index is 3.24. The van der Waals surface area contributed by atoms with Crippen molar-refractivity contribution >= 4 is 21.8 Å². The summed E-state index contributed by atoms with van der Waals surface area (Å²) in [6.45, 7) is 1.90. The number of nitrogens with two attached hydrogens (primary N) is 1. The standard InChI is InChI=1S/C9H11BrN2O2/c1-5-3-7(10)6(9(13)12-11)4-8(5)14-2/h3-4H,11H2,1-2H3,(H,12,13). The molecule has 76 valence electrons. The van der Waals surface area contributed by atoms with Crippen molar-refractivity contribution < 1.29 is 9.53 Å². The highest BCUT2D eigenvalue weighted by Gasteiger charge is 2.11. The fourth-order valence-corrected chi connectivity index (χ4v) is 1.76. The van der Waals surface area contributed by atoms with Crippen LogP contribution in [0.4, 0.5) is 0 Å². The van der Waals surface area contributed by atoms with Gasteiger partial charge in [0.25, 0.3) is 5.91 Å². The Kier molecular flexibility index (Phi) is 3.49. The highest BCUT2D eigenvalue weighted by Crippen LogP contribution is 2.26. The van der Waals surface area contributed by atoms with Gasteiger partial charge in [-0.1, -0.05) is 0 Å². The second-order valence-corrected chi connectivity index (χ2v) is 3.63. The van der Waals surface area contributed by atoms with Crippen LogP contribution in [0, 0.1) is 6.92 Å². The molecule has 0 aliphatic carbocycles. The Morgan fingerprint density at radius 3 is 2.71 bits per heavy atom. The maximum Gasteiger partial charge on any atom is 0.266 e. The molecule has 0 aliphatic heterocycles. The maximum atomic E-state index is 11.3. The quantitative estimate of drug-likeness (QED) is 0.479. The van der Waals surface area contributed by atoms with Gasteiger partial charge in [0.2, 0.25) is 0 Å². The van der Waals surface area contributed by atoms with Crippen molar-refractivity contribution in [2.75, 3.05) is 7.11 Å². The number of aryl methyl sites for hydroxylation is 1. The number of methoxy groups -OCH3 is 1. The minimum atomic E-state index is -0.352. The van der Waals surface area contributed by atoms with Crippen molar-refractivity contribution in [1.29, 1.82) is 0 Å². The van der Waals surface area contributed by atoms with Crippen LogP contribution in [0.2, 0.25) is 0 Å². The number of ether oxygens (including phenoxy) is 1. The lowest BCUT2D eigenvalue weighted by Gasteiger charge is -2.08. The summed E-state index contributed by atoms with van der Waals surface area (Å²) in [6.07, 6.45) is 0. The minimum absolute atomic E-state index is 0.352. The molecule has 1 rings (SSSR count). The minimum Gasteiger partial charge on any atom is -0.496 e. The predicted molar refractivity (Wildman–Crippen MR) is 57.1 cm³/mol. The molecule has 0 spiro atoms. The van der Waals surface area contributed by atoms with Gasteiger partial charge in [-0.05, 0) is 40.5 Å². The summed E-state index contributed by atoms with van der Waals surface area (Å²) < 4.78 is 5.79. The molecule has 3 N–H and O–H groups in total. The molecule has 5 heteroatoms. The van der Waals surface area contributed by atoms with Crippen LogP contribution in [-0.2, 0) is 0 Å². The van der Waals surface area contributed by atoms with Crippen LogP contribution in [0.5, 0.6) is 5.75 Å². The summed E-state index contributed by atoms with van der Waals surface area (Å²) in [5.41, 5.74) is 3.47. The number of carbonyl (C=O) groups is 1. The summed E-state index contributed by atoms with van der Waals surface area (Å²) in [7, 11) is 1.56. The van der Waals surface area contributed by atoms with Gasteiger partial charge in [-0.2, -0.15) is 0 Å². The first-order valence-electron chi connectivity index (χ1n) is 3.95. The zero-order valence-corrected chi connectivity index (χ0v) is 9.51. The lowest BCUT2D eigenvalue weighted by Crippen LogP contribution is -2.30. The predicted octanol–water partition coefficient (Wildman–Crippen LogP) is 1.37. The average Bonchev–Trinajstić information content (AvgIpc) is 2.17. The molecule has 0 aromatic heterocycles. The van der Waals surface area contributed by atoms with Gasteiger partial charge in [-0.15, -0.1) is 0 Å². The van der Waals surface area contributed by atoms with E-state index in [4.69, 9.17) is 10.6 Å². The molecule has 4 nitrogen and oxygen atoms in total. The molecule has 14 heavy (non-hydrogen) atoms. The number of hydrogen-bond acceptors (Lipinski definition) is 3. The van der Waals surface area contributed by atoms with E-state index in [1.807, 2.05) is 13.0 Å². The van der Waals surface area contributed by atoms with Gasteiger partial charge in [-0.25, -0.2) is 5.84 Å². The summed E-state index contributed by atoms with van der Waals surface area (Å²) in [5, 5.41) is 0. The van der Waals surface area contributed by atoms with Crippen LogP contribution in [-0.4, -0.2) is 13.0 Å². The van der Waals surface area contributed by atoms with E-state index in [-0.39, 0.29) is 5.91 Å². The van der Waals surface area contributed by atoms with E-state index in [1.54, 1.807) is 13.2 Å². The van der Waals surface area contributed by atoms with Gasteiger partial charge in [0, 0.05) is 4.47 Å². The van der Waals surface area contributed by atoms with Crippen LogP contribution in [0.15, 0.2) is 16.6 Å². The first kappa shape index (κ1) is 11.0. The third-order valence-electron chi connectivity index (χ3n) is 1.86. The number of nitrogen functional groups attached to an aromatic ring is 1. The molecule has 0 atom stereocenters. The van der Waals surface area contributed by atoms with Crippen LogP contribution >= 0.6 is 15.9 Å². The Bertz CT molecular complexity index is 366. The smallest absolute Gasteiger partial charge is 0.266 e. The Labute approximate surface area is 90.5 Å². The van der Waals surface area contributed by atoms with Crippen LogP contribution in [0.1, 0.15) is 15.9 Å². The van der Waals surface area contributed by atoms with Crippen LogP contribution in [0.3, 0.4) is 0 Å². The van der Waals surface area contributed by atoms with Crippen molar-refractivity contribution in [3.8, 4) is 5.75 Å². The maximum absolute atomic E-state index is 11.3. The molecular weight excluding hydrogens is 248 g/mol. The van der Waals surface area contributed by atoms with E-state index in [2.05, 4.69) is 21.4 Å². The monoisotopic (exact) mass is 258 g/mol. The van der Waals surface area contributed by atoms with Gasteiger partial charge < -0.3 is 4.74 Å². The number of benzene rings is 1. The normalized spacial score (nSPS) is 9.71. The van der Waals surface area contributed by atoms with E-state index in [1.165, 1.54) is 0 Å². The number of rotatable bonds is 2. The van der Waals surface area contributed by atoms with Crippen LogP contribution in [0.25, 0.3) is 0 Å². The second-order valence-electron chi connectivity index (χ2n) is 2.78. The topological polar surface area (TPSA) is 64.3 Å². The molecule has 0 bridgehead atoms. The van der Waals surface area contributed by atoms with Crippen molar-refractivity contribution in [2.24, 2.45) is 5.84 Å². The van der Waals surface area contributed by atoms with E-state index < -0.39 is 0 Å². The molecule has 0 aliphatic rings. The fourth-order valence-electron chi connectivity index (χ4n) is 1.12. The highest BCUT2D eigenvalue weighted by molar-refractivity contribution is 9.10. The summed E-state index contributed by atoms with van der Waals surface area (Å²) in [5.74, 6) is 5.35. The van der Waals surface area contributed by atoms with Gasteiger partial charge in [-0.3, -0.25) is 10.2 Å². The first-order valence-corrected chi connectivity index (χ1v) is 4.74. The van der Waals surface area contributed by atoms with Crippen molar-refractivity contribution in [3.05, 3.63) is 27.7 Å². The van der Waals surface area contributed by atoms with Gasteiger partial charge in [0.1, 0.15) is 5.75 Å². The third kappa shape index (κ3) is 2.05. The molecule has 1 aromatic carbocycles. The largest absolute Gasteiger partial charge is 0.496 e. The number of hydrogen-bond donors (Lipinski definition) is 2. The van der Waals surface area contributed by atoms with E-state index in [9.17, 15) is 4.79 Å². The summed E-state index contributed by atoms with van der Waals surface area (Å²) in [4.78, 5) is 11.3. The number of halogens is 1. The zero-order chi connectivity index (χ0) is 10.7. The highest BCUT2D eigenvalue weighted by atomic mass is 79.9. The second kappa shape index (κ2) is 4.43. The number of hydrazine groups is 1. The average molecular weight is 259 g/mol. The number of amides is 1. The van der Waals surface area contributed by atoms with Gasteiger partial charge >= 0.3 is 0 Å². The molecule has 0 fully saturated rings. The molecule has 0 radical (unpaired) electrons. The van der Waals surface area contributed by atoms with E-state index >= 15 is 0 Å². The lowest BCUT2D eigenvalue weighted by molar-refractivity contribution is 0.0952. The fraction of sp³-hybridized carbons (Fsp3) is 0.222. The Morgan fingerprint density at radius 2 is 2.21 bits per heavy atom. The number of nitrogens with one attached hydrogen (secondary N) is 1.